The molecule has 0 radical (unpaired) electrons. The summed E-state index contributed by atoms with van der Waals surface area (Å²) in [7, 11) is 2.61. The van der Waals surface area contributed by atoms with Gasteiger partial charge in [-0.25, -0.2) is 9.59 Å². The molecule has 0 N–H and O–H groups in total. The van der Waals surface area contributed by atoms with Gasteiger partial charge >= 0.3 is 11.9 Å². The lowest BCUT2D eigenvalue weighted by Crippen LogP contribution is -2.52. The number of carbonyl (C=O) groups is 2. The molecule has 0 aliphatic carbocycles. The summed E-state index contributed by atoms with van der Waals surface area (Å²) < 4.78 is 9.85. The Morgan fingerprint density at radius 2 is 1.50 bits per heavy atom. The lowest BCUT2D eigenvalue weighted by Gasteiger charge is -2.33. The van der Waals surface area contributed by atoms with Gasteiger partial charge in [0, 0.05) is 6.42 Å². The van der Waals surface area contributed by atoms with Crippen molar-refractivity contribution in [1.82, 2.24) is 0 Å². The molecular formula is C18H32N4O4. The predicted octanol–water partition coefficient (Wildman–Crippen LogP) is 3.95. The molecule has 148 valence electrons. The zero-order chi connectivity index (χ0) is 20.2. The normalized spacial score (nSPS) is 18.2. The van der Waals surface area contributed by atoms with Gasteiger partial charge in [0.05, 0.1) is 14.2 Å². The van der Waals surface area contributed by atoms with Crippen molar-refractivity contribution < 1.29 is 19.1 Å². The minimum atomic E-state index is -1.37. The molecule has 0 saturated carbocycles. The molecule has 0 saturated heterocycles. The van der Waals surface area contributed by atoms with Crippen LogP contribution in [0.1, 0.15) is 60.8 Å². The molecule has 1 rings (SSSR count). The fraction of sp³-hybridized carbons (Fsp3) is 0.889. The highest BCUT2D eigenvalue weighted by Crippen LogP contribution is 2.50. The van der Waals surface area contributed by atoms with Gasteiger partial charge in [0.15, 0.2) is 5.54 Å². The van der Waals surface area contributed by atoms with Crippen molar-refractivity contribution in [3.63, 3.8) is 0 Å². The second-order valence-corrected chi connectivity index (χ2v) is 8.15. The van der Waals surface area contributed by atoms with Gasteiger partial charge in [-0.05, 0) is 38.5 Å². The van der Waals surface area contributed by atoms with Gasteiger partial charge in [-0.15, -0.1) is 0 Å². The Balaban J connectivity index is 3.38. The van der Waals surface area contributed by atoms with Crippen molar-refractivity contribution in [2.45, 2.75) is 77.5 Å². The van der Waals surface area contributed by atoms with Crippen LogP contribution >= 0.6 is 0 Å². The van der Waals surface area contributed by atoms with E-state index in [1.54, 1.807) is 13.8 Å². The summed E-state index contributed by atoms with van der Waals surface area (Å²) in [6, 6.07) is 0. The Morgan fingerprint density at radius 1 is 0.962 bits per heavy atom. The van der Waals surface area contributed by atoms with Crippen LogP contribution in [0.25, 0.3) is 0 Å². The van der Waals surface area contributed by atoms with Crippen LogP contribution in [0.3, 0.4) is 0 Å². The number of carbonyl (C=O) groups excluding carboxylic acids is 2. The minimum Gasteiger partial charge on any atom is -0.467 e. The van der Waals surface area contributed by atoms with E-state index < -0.39 is 28.7 Å². The van der Waals surface area contributed by atoms with Gasteiger partial charge in [0.1, 0.15) is 0 Å². The largest absolute Gasteiger partial charge is 0.467 e. The summed E-state index contributed by atoms with van der Waals surface area (Å²) in [5.74, 6) is -0.478. The Morgan fingerprint density at radius 3 is 1.88 bits per heavy atom. The van der Waals surface area contributed by atoms with E-state index in [1.165, 1.54) is 14.2 Å². The first kappa shape index (κ1) is 22.2. The molecule has 0 spiro atoms. The Labute approximate surface area is 155 Å². The summed E-state index contributed by atoms with van der Waals surface area (Å²) in [6.45, 7) is 11.4. The van der Waals surface area contributed by atoms with E-state index in [0.29, 0.717) is 18.8 Å². The third kappa shape index (κ3) is 4.65. The summed E-state index contributed by atoms with van der Waals surface area (Å²) in [6.07, 6.45) is 1.66. The van der Waals surface area contributed by atoms with Gasteiger partial charge in [0.2, 0.25) is 11.2 Å². The minimum absolute atomic E-state index is 0.247. The van der Waals surface area contributed by atoms with Crippen molar-refractivity contribution in [2.24, 2.45) is 32.3 Å². The van der Waals surface area contributed by atoms with Crippen molar-refractivity contribution in [1.29, 1.82) is 0 Å². The van der Waals surface area contributed by atoms with E-state index in [2.05, 4.69) is 34.3 Å². The molecule has 1 aliphatic rings. The molecule has 0 bridgehead atoms. The molecule has 8 heteroatoms. The second kappa shape index (κ2) is 8.22. The number of hydrogen-bond donors (Lipinski definition) is 0. The lowest BCUT2D eigenvalue weighted by molar-refractivity contribution is -0.151. The zero-order valence-corrected chi connectivity index (χ0v) is 17.2. The molecule has 1 heterocycles. The highest BCUT2D eigenvalue weighted by atomic mass is 16.5. The predicted molar refractivity (Wildman–Crippen MR) is 96.8 cm³/mol. The van der Waals surface area contributed by atoms with E-state index in [9.17, 15) is 9.59 Å². The van der Waals surface area contributed by atoms with Crippen LogP contribution in [-0.2, 0) is 19.1 Å². The average Bonchev–Trinajstić information content (AvgIpc) is 3.33. The quantitative estimate of drug-likeness (QED) is 0.430. The average molecular weight is 368 g/mol. The molecule has 0 fully saturated rings. The molecular weight excluding hydrogens is 336 g/mol. The van der Waals surface area contributed by atoms with Crippen molar-refractivity contribution in [2.75, 3.05) is 14.2 Å². The van der Waals surface area contributed by atoms with Crippen LogP contribution in [0.5, 0.6) is 0 Å². The first-order valence-corrected chi connectivity index (χ1v) is 9.01. The van der Waals surface area contributed by atoms with Crippen molar-refractivity contribution in [3.05, 3.63) is 0 Å². The SMILES string of the molecule is COC(=O)C(C)(C)N=NC(CCC(C)C)(C(=O)OC)C1(CC(C)C)N=N1. The van der Waals surface area contributed by atoms with Crippen LogP contribution in [0.15, 0.2) is 20.5 Å². The van der Waals surface area contributed by atoms with Crippen molar-refractivity contribution in [3.8, 4) is 0 Å². The van der Waals surface area contributed by atoms with Gasteiger partial charge < -0.3 is 9.47 Å². The monoisotopic (exact) mass is 368 g/mol. The van der Waals surface area contributed by atoms with Crippen LogP contribution in [0.2, 0.25) is 0 Å². The number of esters is 2. The van der Waals surface area contributed by atoms with Gasteiger partial charge in [-0.3, -0.25) is 0 Å². The molecule has 0 aromatic heterocycles. The van der Waals surface area contributed by atoms with Crippen LogP contribution in [0, 0.1) is 11.8 Å². The summed E-state index contributed by atoms with van der Waals surface area (Å²) in [5.41, 5.74) is -3.58. The first-order chi connectivity index (χ1) is 12.0. The van der Waals surface area contributed by atoms with Gasteiger partial charge in [0.25, 0.3) is 0 Å². The second-order valence-electron chi connectivity index (χ2n) is 8.15. The molecule has 0 aromatic rings. The first-order valence-electron chi connectivity index (χ1n) is 9.01. The molecule has 0 aromatic carbocycles. The maximum Gasteiger partial charge on any atom is 0.340 e. The van der Waals surface area contributed by atoms with E-state index >= 15 is 0 Å². The number of methoxy groups -OCH3 is 2. The summed E-state index contributed by atoms with van der Waals surface area (Å²) in [4.78, 5) is 24.8. The number of azo groups is 1. The fourth-order valence-corrected chi connectivity index (χ4v) is 2.85. The summed E-state index contributed by atoms with van der Waals surface area (Å²) in [5, 5.41) is 17.0. The number of hydrogen-bond acceptors (Lipinski definition) is 8. The Hall–Kier alpha value is -1.86. The third-order valence-corrected chi connectivity index (χ3v) is 4.46. The van der Waals surface area contributed by atoms with E-state index in [0.717, 1.165) is 6.42 Å². The van der Waals surface area contributed by atoms with Crippen LogP contribution in [0.4, 0.5) is 0 Å². The Kier molecular flexibility index (Phi) is 7.02. The van der Waals surface area contributed by atoms with Crippen LogP contribution in [-0.4, -0.2) is 42.9 Å². The highest BCUT2D eigenvalue weighted by molar-refractivity contribution is 5.84. The standard InChI is InChI=1S/C18H32N4O4/c1-12(2)9-10-17(15(24)26-8,18(21-22-18)11-13(3)4)20-19-16(5,6)14(23)25-7/h12-13H,9-11H2,1-8H3. The summed E-state index contributed by atoms with van der Waals surface area (Å²) >= 11 is 0. The number of rotatable bonds is 10. The highest BCUT2D eigenvalue weighted by Gasteiger charge is 2.65. The van der Waals surface area contributed by atoms with Gasteiger partial charge in [-0.2, -0.15) is 20.5 Å². The fourth-order valence-electron chi connectivity index (χ4n) is 2.85. The molecule has 26 heavy (non-hydrogen) atoms. The molecule has 0 amide bonds. The topological polar surface area (TPSA) is 102 Å². The third-order valence-electron chi connectivity index (χ3n) is 4.46. The van der Waals surface area contributed by atoms with E-state index in [1.807, 2.05) is 13.8 Å². The zero-order valence-electron chi connectivity index (χ0n) is 17.2. The maximum atomic E-state index is 12.9. The molecule has 1 unspecified atom stereocenters. The molecule has 8 nitrogen and oxygen atoms in total. The van der Waals surface area contributed by atoms with Crippen molar-refractivity contribution >= 4 is 11.9 Å². The molecule has 1 atom stereocenters. The lowest BCUT2D eigenvalue weighted by atomic mass is 9.77. The maximum absolute atomic E-state index is 12.9. The van der Waals surface area contributed by atoms with E-state index in [4.69, 9.17) is 9.47 Å². The number of nitrogens with zero attached hydrogens (tertiary/aromatic N) is 4. The smallest absolute Gasteiger partial charge is 0.340 e. The van der Waals surface area contributed by atoms with Crippen LogP contribution < -0.4 is 0 Å². The van der Waals surface area contributed by atoms with Gasteiger partial charge in [-0.1, -0.05) is 27.7 Å². The molecule has 1 aliphatic heterocycles. The number of ether oxygens (including phenoxy) is 2. The Bertz CT molecular complexity index is 578. The van der Waals surface area contributed by atoms with E-state index in [-0.39, 0.29) is 5.92 Å².